The van der Waals surface area contributed by atoms with Gasteiger partial charge in [-0.3, -0.25) is 19.3 Å². The van der Waals surface area contributed by atoms with Crippen molar-refractivity contribution in [1.82, 2.24) is 19.7 Å². The second kappa shape index (κ2) is 8.61. The van der Waals surface area contributed by atoms with Gasteiger partial charge in [0.1, 0.15) is 5.82 Å². The third-order valence-electron chi connectivity index (χ3n) is 5.55. The standard InChI is InChI=1S/C25H27N5O3/c1-5-6-13-29-23(32)17-11-10-16(14-18(17)24(29)33)22(31)27-21-15-19(25(2,3)4)28-30(21)20-9-7-8-12-26-20/h7-12,14-15H,5-6,13H2,1-4H3,(H,27,31). The Hall–Kier alpha value is -3.81. The molecule has 2 aromatic heterocycles. The Morgan fingerprint density at radius 3 is 2.45 bits per heavy atom. The zero-order valence-corrected chi connectivity index (χ0v) is 19.3. The molecule has 1 aliphatic heterocycles. The van der Waals surface area contributed by atoms with Crippen molar-refractivity contribution in [1.29, 1.82) is 0 Å². The van der Waals surface area contributed by atoms with Gasteiger partial charge in [-0.15, -0.1) is 0 Å². The predicted molar refractivity (Wildman–Crippen MR) is 125 cm³/mol. The molecule has 8 heteroatoms. The Bertz CT molecular complexity index is 1220. The predicted octanol–water partition coefficient (Wildman–Crippen LogP) is 4.21. The summed E-state index contributed by atoms with van der Waals surface area (Å²) >= 11 is 0. The highest BCUT2D eigenvalue weighted by atomic mass is 16.2. The largest absolute Gasteiger partial charge is 0.306 e. The molecular formula is C25H27N5O3. The van der Waals surface area contributed by atoms with Gasteiger partial charge in [-0.2, -0.15) is 9.78 Å². The van der Waals surface area contributed by atoms with Gasteiger partial charge >= 0.3 is 0 Å². The first-order valence-corrected chi connectivity index (χ1v) is 11.0. The summed E-state index contributed by atoms with van der Waals surface area (Å²) in [6.45, 7) is 8.50. The van der Waals surface area contributed by atoms with Crippen LogP contribution in [0.3, 0.4) is 0 Å². The number of amides is 3. The van der Waals surface area contributed by atoms with Crippen LogP contribution in [0, 0.1) is 0 Å². The van der Waals surface area contributed by atoms with Crippen LogP contribution in [-0.2, 0) is 5.41 Å². The Labute approximate surface area is 192 Å². The van der Waals surface area contributed by atoms with Crippen LogP contribution in [0.2, 0.25) is 0 Å². The lowest BCUT2D eigenvalue weighted by Crippen LogP contribution is -2.30. The molecular weight excluding hydrogens is 418 g/mol. The van der Waals surface area contributed by atoms with Crippen LogP contribution in [0.5, 0.6) is 0 Å². The van der Waals surface area contributed by atoms with Gasteiger partial charge in [-0.1, -0.05) is 40.2 Å². The third-order valence-corrected chi connectivity index (χ3v) is 5.55. The van der Waals surface area contributed by atoms with Crippen LogP contribution in [0.4, 0.5) is 5.82 Å². The van der Waals surface area contributed by atoms with E-state index in [4.69, 9.17) is 0 Å². The second-order valence-electron chi connectivity index (χ2n) is 9.09. The van der Waals surface area contributed by atoms with E-state index in [1.165, 1.54) is 11.0 Å². The summed E-state index contributed by atoms with van der Waals surface area (Å²) in [5.41, 5.74) is 1.45. The molecule has 3 heterocycles. The number of rotatable bonds is 6. The third kappa shape index (κ3) is 4.28. The summed E-state index contributed by atoms with van der Waals surface area (Å²) in [6, 6.07) is 11.9. The molecule has 4 rings (SSSR count). The molecule has 3 amide bonds. The number of fused-ring (bicyclic) bond motifs is 1. The first-order valence-electron chi connectivity index (χ1n) is 11.0. The van der Waals surface area contributed by atoms with Gasteiger partial charge in [0.2, 0.25) is 0 Å². The van der Waals surface area contributed by atoms with Crippen LogP contribution in [-0.4, -0.2) is 43.9 Å². The van der Waals surface area contributed by atoms with Gasteiger partial charge in [0, 0.05) is 29.8 Å². The molecule has 3 aromatic rings. The van der Waals surface area contributed by atoms with Crippen LogP contribution in [0.1, 0.15) is 77.3 Å². The van der Waals surface area contributed by atoms with Crippen molar-refractivity contribution in [2.45, 2.75) is 46.0 Å². The Morgan fingerprint density at radius 1 is 1.03 bits per heavy atom. The fraction of sp³-hybridized carbons (Fsp3) is 0.320. The number of hydrogen-bond donors (Lipinski definition) is 1. The molecule has 0 spiro atoms. The van der Waals surface area contributed by atoms with E-state index in [1.54, 1.807) is 29.1 Å². The van der Waals surface area contributed by atoms with Gasteiger partial charge in [-0.05, 0) is 36.8 Å². The lowest BCUT2D eigenvalue weighted by Gasteiger charge is -2.13. The van der Waals surface area contributed by atoms with Crippen LogP contribution in [0.15, 0.2) is 48.7 Å². The van der Waals surface area contributed by atoms with E-state index < -0.39 is 5.91 Å². The highest BCUT2D eigenvalue weighted by molar-refractivity contribution is 6.22. The molecule has 1 aromatic carbocycles. The fourth-order valence-corrected chi connectivity index (χ4v) is 3.63. The Morgan fingerprint density at radius 2 is 1.79 bits per heavy atom. The Balaban J connectivity index is 1.64. The number of hydrogen-bond acceptors (Lipinski definition) is 5. The number of pyridine rings is 1. The van der Waals surface area contributed by atoms with E-state index in [0.717, 1.165) is 18.5 Å². The minimum Gasteiger partial charge on any atom is -0.306 e. The number of anilines is 1. The van der Waals surface area contributed by atoms with E-state index in [-0.39, 0.29) is 22.8 Å². The van der Waals surface area contributed by atoms with Crippen molar-refractivity contribution in [3.8, 4) is 5.82 Å². The second-order valence-corrected chi connectivity index (χ2v) is 9.09. The summed E-state index contributed by atoms with van der Waals surface area (Å²) in [5, 5.41) is 7.54. The van der Waals surface area contributed by atoms with Crippen molar-refractivity contribution in [2.24, 2.45) is 0 Å². The maximum atomic E-state index is 13.1. The summed E-state index contributed by atoms with van der Waals surface area (Å²) in [7, 11) is 0. The molecule has 8 nitrogen and oxygen atoms in total. The molecule has 0 saturated heterocycles. The number of carbonyl (C=O) groups excluding carboxylic acids is 3. The molecule has 0 saturated carbocycles. The quantitative estimate of drug-likeness (QED) is 0.573. The van der Waals surface area contributed by atoms with Crippen LogP contribution in [0.25, 0.3) is 5.82 Å². The lowest BCUT2D eigenvalue weighted by atomic mass is 9.92. The van der Waals surface area contributed by atoms with Gasteiger partial charge < -0.3 is 5.32 Å². The maximum Gasteiger partial charge on any atom is 0.261 e. The van der Waals surface area contributed by atoms with Crippen LogP contribution < -0.4 is 5.32 Å². The summed E-state index contributed by atoms with van der Waals surface area (Å²) in [6.07, 6.45) is 3.28. The van der Waals surface area contributed by atoms with Crippen LogP contribution >= 0.6 is 0 Å². The van der Waals surface area contributed by atoms with Gasteiger partial charge in [-0.25, -0.2) is 4.98 Å². The van der Waals surface area contributed by atoms with Crippen molar-refractivity contribution >= 4 is 23.5 Å². The average Bonchev–Trinajstić information content (AvgIpc) is 3.32. The normalized spacial score (nSPS) is 13.4. The van der Waals surface area contributed by atoms with E-state index >= 15 is 0 Å². The SMILES string of the molecule is CCCCN1C(=O)c2ccc(C(=O)Nc3cc(C(C)(C)C)nn3-c3ccccn3)cc2C1=O. The first kappa shape index (κ1) is 22.4. The number of aromatic nitrogens is 3. The summed E-state index contributed by atoms with van der Waals surface area (Å²) in [4.78, 5) is 44.0. The van der Waals surface area contributed by atoms with Gasteiger partial charge in [0.25, 0.3) is 17.7 Å². The van der Waals surface area contributed by atoms with Gasteiger partial charge in [0.05, 0.1) is 16.8 Å². The number of nitrogens with one attached hydrogen (secondary N) is 1. The van der Waals surface area contributed by atoms with E-state index in [2.05, 4.69) is 15.4 Å². The monoisotopic (exact) mass is 445 g/mol. The van der Waals surface area contributed by atoms with Gasteiger partial charge in [0.15, 0.2) is 5.82 Å². The highest BCUT2D eigenvalue weighted by Gasteiger charge is 2.35. The van der Waals surface area contributed by atoms with E-state index in [9.17, 15) is 14.4 Å². The minimum atomic E-state index is -0.400. The molecule has 0 atom stereocenters. The first-order chi connectivity index (χ1) is 15.7. The van der Waals surface area contributed by atoms with Crippen molar-refractivity contribution in [3.63, 3.8) is 0 Å². The molecule has 33 heavy (non-hydrogen) atoms. The molecule has 0 unspecified atom stereocenters. The van der Waals surface area contributed by atoms with Crippen molar-refractivity contribution in [2.75, 3.05) is 11.9 Å². The molecule has 0 aliphatic carbocycles. The molecule has 1 N–H and O–H groups in total. The topological polar surface area (TPSA) is 97.2 Å². The zero-order valence-electron chi connectivity index (χ0n) is 19.3. The minimum absolute atomic E-state index is 0.234. The number of imide groups is 1. The smallest absolute Gasteiger partial charge is 0.261 e. The number of nitrogens with zero attached hydrogens (tertiary/aromatic N) is 4. The highest BCUT2D eigenvalue weighted by Crippen LogP contribution is 2.27. The summed E-state index contributed by atoms with van der Waals surface area (Å²) in [5.74, 6) is -0.0200. The fourth-order valence-electron chi connectivity index (χ4n) is 3.63. The molecule has 0 radical (unpaired) electrons. The van der Waals surface area contributed by atoms with Crippen molar-refractivity contribution in [3.05, 3.63) is 71.0 Å². The van der Waals surface area contributed by atoms with Crippen molar-refractivity contribution < 1.29 is 14.4 Å². The lowest BCUT2D eigenvalue weighted by molar-refractivity contribution is 0.0652. The molecule has 0 fully saturated rings. The Kier molecular flexibility index (Phi) is 5.84. The molecule has 170 valence electrons. The number of unbranched alkanes of at least 4 members (excludes halogenated alkanes) is 1. The molecule has 1 aliphatic rings. The van der Waals surface area contributed by atoms with E-state index in [0.29, 0.717) is 29.3 Å². The molecule has 0 bridgehead atoms. The summed E-state index contributed by atoms with van der Waals surface area (Å²) < 4.78 is 1.59. The maximum absolute atomic E-state index is 13.1. The van der Waals surface area contributed by atoms with E-state index in [1.807, 2.05) is 45.9 Å². The average molecular weight is 446 g/mol. The number of benzene rings is 1. The zero-order chi connectivity index (χ0) is 23.8. The number of carbonyl (C=O) groups is 3.